The molecule has 2 aromatic rings. The molecule has 28 heavy (non-hydrogen) atoms. The fourth-order valence-corrected chi connectivity index (χ4v) is 4.06. The monoisotopic (exact) mass is 386 g/mol. The number of aliphatic hydroxyl groups is 4. The van der Waals surface area contributed by atoms with E-state index in [-0.39, 0.29) is 6.61 Å². The molecule has 2 aliphatic heterocycles. The van der Waals surface area contributed by atoms with Gasteiger partial charge in [-0.1, -0.05) is 43.3 Å². The zero-order chi connectivity index (χ0) is 19.9. The van der Waals surface area contributed by atoms with E-state index in [1.807, 2.05) is 18.2 Å². The van der Waals surface area contributed by atoms with E-state index in [9.17, 15) is 20.4 Å². The third-order valence-corrected chi connectivity index (χ3v) is 5.78. The molecule has 5 unspecified atom stereocenters. The van der Waals surface area contributed by atoms with Crippen LogP contribution in [0.2, 0.25) is 0 Å². The second kappa shape index (κ2) is 7.55. The molecule has 4 rings (SSSR count). The highest BCUT2D eigenvalue weighted by molar-refractivity contribution is 5.41. The van der Waals surface area contributed by atoms with Gasteiger partial charge in [0.25, 0.3) is 0 Å². The van der Waals surface area contributed by atoms with Crippen molar-refractivity contribution in [1.29, 1.82) is 0 Å². The van der Waals surface area contributed by atoms with E-state index in [0.717, 1.165) is 17.5 Å². The van der Waals surface area contributed by atoms with Crippen molar-refractivity contribution in [1.82, 2.24) is 0 Å². The summed E-state index contributed by atoms with van der Waals surface area (Å²) in [5.74, 6) is -1.59. The predicted octanol–water partition coefficient (Wildman–Crippen LogP) is 0.997. The number of fused-ring (bicyclic) bond motifs is 2. The van der Waals surface area contributed by atoms with Crippen molar-refractivity contribution in [3.63, 3.8) is 0 Å². The quantitative estimate of drug-likeness (QED) is 0.626. The van der Waals surface area contributed by atoms with Crippen LogP contribution in [0.5, 0.6) is 0 Å². The Hall–Kier alpha value is -1.80. The molecule has 6 nitrogen and oxygen atoms in total. The Morgan fingerprint density at radius 2 is 1.64 bits per heavy atom. The smallest absolute Gasteiger partial charge is 0.225 e. The van der Waals surface area contributed by atoms with Crippen molar-refractivity contribution >= 4 is 0 Å². The first-order chi connectivity index (χ1) is 13.5. The highest BCUT2D eigenvalue weighted by atomic mass is 16.7. The van der Waals surface area contributed by atoms with Crippen LogP contribution in [0, 0.1) is 0 Å². The van der Waals surface area contributed by atoms with Crippen LogP contribution < -0.4 is 0 Å². The summed E-state index contributed by atoms with van der Waals surface area (Å²) in [6.07, 6.45) is -3.69. The lowest BCUT2D eigenvalue weighted by Gasteiger charge is -2.46. The molecule has 0 aliphatic carbocycles. The van der Waals surface area contributed by atoms with Gasteiger partial charge in [-0.2, -0.15) is 0 Å². The zero-order valence-corrected chi connectivity index (χ0v) is 15.8. The number of hydrogen-bond acceptors (Lipinski definition) is 6. The maximum Gasteiger partial charge on any atom is 0.225 e. The van der Waals surface area contributed by atoms with E-state index in [0.29, 0.717) is 12.0 Å². The number of aliphatic hydroxyl groups excluding tert-OH is 4. The Bertz CT molecular complexity index is 833. The van der Waals surface area contributed by atoms with E-state index in [2.05, 4.69) is 31.2 Å². The van der Waals surface area contributed by atoms with E-state index < -0.39 is 36.8 Å². The average Bonchev–Trinajstić information content (AvgIpc) is 3.08. The molecule has 0 saturated carbocycles. The van der Waals surface area contributed by atoms with E-state index >= 15 is 0 Å². The fourth-order valence-electron chi connectivity index (χ4n) is 4.06. The van der Waals surface area contributed by atoms with Crippen molar-refractivity contribution in [2.75, 3.05) is 6.61 Å². The number of benzene rings is 2. The summed E-state index contributed by atoms with van der Waals surface area (Å²) in [7, 11) is 0. The lowest BCUT2D eigenvalue weighted by molar-refractivity contribution is -0.368. The molecule has 1 fully saturated rings. The van der Waals surface area contributed by atoms with Crippen molar-refractivity contribution in [3.05, 3.63) is 70.3 Å². The maximum atomic E-state index is 10.7. The Labute approximate surface area is 164 Å². The van der Waals surface area contributed by atoms with Crippen molar-refractivity contribution in [2.24, 2.45) is 0 Å². The second-order valence-electron chi connectivity index (χ2n) is 7.56. The van der Waals surface area contributed by atoms with E-state index in [4.69, 9.17) is 9.47 Å². The fraction of sp³-hybridized carbons (Fsp3) is 0.455. The summed E-state index contributed by atoms with van der Waals surface area (Å²) < 4.78 is 11.6. The summed E-state index contributed by atoms with van der Waals surface area (Å²) in [6.45, 7) is 1.85. The van der Waals surface area contributed by atoms with Gasteiger partial charge in [0.1, 0.15) is 24.4 Å². The normalized spacial score (nSPS) is 31.9. The van der Waals surface area contributed by atoms with Crippen LogP contribution in [0.25, 0.3) is 0 Å². The molecule has 150 valence electrons. The third-order valence-electron chi connectivity index (χ3n) is 5.78. The summed E-state index contributed by atoms with van der Waals surface area (Å²) >= 11 is 0. The third kappa shape index (κ3) is 3.16. The van der Waals surface area contributed by atoms with Crippen molar-refractivity contribution in [2.45, 2.75) is 56.6 Å². The summed E-state index contributed by atoms with van der Waals surface area (Å²) in [4.78, 5) is 0. The minimum absolute atomic E-state index is 0.221. The van der Waals surface area contributed by atoms with Crippen LogP contribution in [0.15, 0.2) is 42.5 Å². The minimum Gasteiger partial charge on any atom is -0.394 e. The lowest BCUT2D eigenvalue weighted by Crippen LogP contribution is -2.63. The highest BCUT2D eigenvalue weighted by Gasteiger charge is 2.58. The van der Waals surface area contributed by atoms with Gasteiger partial charge in [-0.15, -0.1) is 0 Å². The molecular formula is C22H26O6. The first-order valence-corrected chi connectivity index (χ1v) is 9.65. The molecule has 6 heteroatoms. The topological polar surface area (TPSA) is 99.4 Å². The first kappa shape index (κ1) is 19.5. The predicted molar refractivity (Wildman–Crippen MR) is 102 cm³/mol. The summed E-state index contributed by atoms with van der Waals surface area (Å²) in [6, 6.07) is 14.3. The van der Waals surface area contributed by atoms with Gasteiger partial charge >= 0.3 is 0 Å². The van der Waals surface area contributed by atoms with E-state index in [1.165, 1.54) is 11.1 Å². The molecule has 0 bridgehead atoms. The van der Waals surface area contributed by atoms with Gasteiger partial charge in [-0.3, -0.25) is 0 Å². The average molecular weight is 386 g/mol. The van der Waals surface area contributed by atoms with Crippen LogP contribution in [0.4, 0.5) is 0 Å². The Morgan fingerprint density at radius 1 is 0.964 bits per heavy atom. The van der Waals surface area contributed by atoms with Gasteiger partial charge in [-0.25, -0.2) is 0 Å². The number of ether oxygens (including phenoxy) is 2. The van der Waals surface area contributed by atoms with Crippen LogP contribution >= 0.6 is 0 Å². The molecule has 2 aromatic carbocycles. The molecule has 1 spiro atoms. The Kier molecular flexibility index (Phi) is 5.26. The highest BCUT2D eigenvalue weighted by Crippen LogP contribution is 2.46. The zero-order valence-electron chi connectivity index (χ0n) is 15.8. The molecule has 0 radical (unpaired) electrons. The Morgan fingerprint density at radius 3 is 2.32 bits per heavy atom. The number of hydrogen-bond donors (Lipinski definition) is 4. The molecule has 2 aliphatic rings. The van der Waals surface area contributed by atoms with E-state index in [1.54, 1.807) is 0 Å². The molecule has 0 amide bonds. The van der Waals surface area contributed by atoms with Gasteiger partial charge in [0.15, 0.2) is 0 Å². The molecule has 2 heterocycles. The van der Waals surface area contributed by atoms with Crippen LogP contribution in [0.3, 0.4) is 0 Å². The number of rotatable bonds is 4. The molecule has 5 atom stereocenters. The van der Waals surface area contributed by atoms with Crippen LogP contribution in [0.1, 0.15) is 34.7 Å². The second-order valence-corrected chi connectivity index (χ2v) is 7.56. The van der Waals surface area contributed by atoms with Gasteiger partial charge in [0, 0.05) is 5.56 Å². The summed E-state index contributed by atoms with van der Waals surface area (Å²) in [5, 5.41) is 40.5. The largest absolute Gasteiger partial charge is 0.394 e. The Balaban J connectivity index is 1.66. The van der Waals surface area contributed by atoms with Gasteiger partial charge in [0.05, 0.1) is 13.2 Å². The minimum atomic E-state index is -1.59. The lowest BCUT2D eigenvalue weighted by atomic mass is 9.86. The van der Waals surface area contributed by atoms with Gasteiger partial charge < -0.3 is 29.9 Å². The maximum absolute atomic E-state index is 10.7. The standard InChI is InChI=1S/C22H26O6/c1-2-13-3-5-14(6-4-13)9-15-7-8-16-12-27-22(17(16)10-15)21(26)20(25)19(24)18(11-23)28-22/h3-8,10,18-21,23-26H,2,9,11-12H2,1H3. The first-order valence-electron chi connectivity index (χ1n) is 9.65. The van der Waals surface area contributed by atoms with Crippen LogP contribution in [-0.2, 0) is 34.7 Å². The summed E-state index contributed by atoms with van der Waals surface area (Å²) in [5.41, 5.74) is 4.95. The molecule has 0 aromatic heterocycles. The molecule has 1 saturated heterocycles. The SMILES string of the molecule is CCc1ccc(Cc2ccc3c(c2)C2(OC3)OC(CO)C(O)C(O)C2O)cc1. The van der Waals surface area contributed by atoms with Gasteiger partial charge in [-0.05, 0) is 41.2 Å². The van der Waals surface area contributed by atoms with Crippen molar-refractivity contribution in [3.8, 4) is 0 Å². The van der Waals surface area contributed by atoms with Crippen LogP contribution in [-0.4, -0.2) is 51.4 Å². The van der Waals surface area contributed by atoms with Gasteiger partial charge in [0.2, 0.25) is 5.79 Å². The molecule has 4 N–H and O–H groups in total. The van der Waals surface area contributed by atoms with Crippen molar-refractivity contribution < 1.29 is 29.9 Å². The molecular weight excluding hydrogens is 360 g/mol. The number of aryl methyl sites for hydroxylation is 1.